The fraction of sp³-hybridized carbons (Fsp3) is 0.826. The summed E-state index contributed by atoms with van der Waals surface area (Å²) in [5.74, 6) is 1.75. The fourth-order valence-electron chi connectivity index (χ4n) is 6.60. The first-order chi connectivity index (χ1) is 25.9. The maximum Gasteiger partial charge on any atom is 0.305 e. The fourth-order valence-corrected chi connectivity index (χ4v) is 6.60. The summed E-state index contributed by atoms with van der Waals surface area (Å²) in [4.78, 5) is 26.1. The number of hydrogen-bond acceptors (Lipinski definition) is 7. The van der Waals surface area contributed by atoms with Crippen molar-refractivity contribution in [2.24, 2.45) is 0 Å². The molecular formula is C46H83NO6. The van der Waals surface area contributed by atoms with Crippen LogP contribution in [0.2, 0.25) is 0 Å². The van der Waals surface area contributed by atoms with E-state index in [-0.39, 0.29) is 11.9 Å². The number of carbonyl (C=O) groups is 2. The van der Waals surface area contributed by atoms with Gasteiger partial charge in [-0.15, -0.1) is 0 Å². The molecule has 0 aromatic heterocycles. The first-order valence-corrected chi connectivity index (χ1v) is 22.3. The lowest BCUT2D eigenvalue weighted by Crippen LogP contribution is -2.15. The minimum absolute atomic E-state index is 0.0250. The molecule has 0 aliphatic heterocycles. The Morgan fingerprint density at radius 2 is 0.868 bits per heavy atom. The lowest BCUT2D eigenvalue weighted by atomic mass is 10.1. The lowest BCUT2D eigenvalue weighted by Gasteiger charge is -2.12. The van der Waals surface area contributed by atoms with Crippen molar-refractivity contribution in [1.29, 1.82) is 0 Å². The van der Waals surface area contributed by atoms with Crippen molar-refractivity contribution in [3.8, 4) is 0 Å². The van der Waals surface area contributed by atoms with Crippen LogP contribution in [0.25, 0.3) is 0 Å². The SMILES string of the molecule is CCCCCCCCCC(=O)OCCCCCCCCOC1=CCC(CN(C)C)=CC(OCCCCCCCCOC(=O)CCCCCCCCC)=C1. The average molecular weight is 746 g/mol. The van der Waals surface area contributed by atoms with Gasteiger partial charge in [0.25, 0.3) is 0 Å². The second-order valence-electron chi connectivity index (χ2n) is 15.5. The third kappa shape index (κ3) is 32.8. The van der Waals surface area contributed by atoms with E-state index in [9.17, 15) is 9.59 Å². The molecule has 1 rings (SSSR count). The molecule has 0 radical (unpaired) electrons. The van der Waals surface area contributed by atoms with E-state index in [1.54, 1.807) is 0 Å². The molecule has 0 aromatic carbocycles. The van der Waals surface area contributed by atoms with Crippen LogP contribution in [-0.4, -0.2) is 63.9 Å². The van der Waals surface area contributed by atoms with Gasteiger partial charge in [0, 0.05) is 25.5 Å². The average Bonchev–Trinajstić information content (AvgIpc) is 3.33. The molecule has 1 aliphatic carbocycles. The molecule has 0 fully saturated rings. The zero-order valence-corrected chi connectivity index (χ0v) is 35.2. The Morgan fingerprint density at radius 1 is 0.491 bits per heavy atom. The first-order valence-electron chi connectivity index (χ1n) is 22.3. The number of rotatable bonds is 38. The predicted molar refractivity (Wildman–Crippen MR) is 222 cm³/mol. The van der Waals surface area contributed by atoms with E-state index < -0.39 is 0 Å². The van der Waals surface area contributed by atoms with E-state index in [0.29, 0.717) is 39.3 Å². The highest BCUT2D eigenvalue weighted by molar-refractivity contribution is 5.69. The van der Waals surface area contributed by atoms with Crippen LogP contribution in [0.15, 0.2) is 35.3 Å². The van der Waals surface area contributed by atoms with Crippen LogP contribution in [0.1, 0.15) is 200 Å². The molecular weight excluding hydrogens is 663 g/mol. The molecule has 1 aliphatic rings. The van der Waals surface area contributed by atoms with Gasteiger partial charge in [0.1, 0.15) is 11.5 Å². The third-order valence-electron chi connectivity index (χ3n) is 9.83. The molecule has 0 saturated carbocycles. The van der Waals surface area contributed by atoms with Gasteiger partial charge in [0.05, 0.1) is 26.4 Å². The summed E-state index contributed by atoms with van der Waals surface area (Å²) in [5.41, 5.74) is 1.33. The van der Waals surface area contributed by atoms with Gasteiger partial charge in [0.2, 0.25) is 0 Å². The molecule has 0 bridgehead atoms. The van der Waals surface area contributed by atoms with Gasteiger partial charge in [-0.1, -0.05) is 142 Å². The largest absolute Gasteiger partial charge is 0.494 e. The van der Waals surface area contributed by atoms with Crippen molar-refractivity contribution in [2.45, 2.75) is 200 Å². The van der Waals surface area contributed by atoms with E-state index in [1.807, 2.05) is 0 Å². The predicted octanol–water partition coefficient (Wildman–Crippen LogP) is 12.7. The van der Waals surface area contributed by atoms with Gasteiger partial charge < -0.3 is 23.8 Å². The van der Waals surface area contributed by atoms with E-state index in [2.05, 4.69) is 51.1 Å². The van der Waals surface area contributed by atoms with Crippen molar-refractivity contribution in [3.63, 3.8) is 0 Å². The van der Waals surface area contributed by atoms with Crippen LogP contribution in [-0.2, 0) is 28.5 Å². The minimum atomic E-state index is -0.0254. The Labute approximate surface area is 327 Å². The van der Waals surface area contributed by atoms with Gasteiger partial charge in [-0.3, -0.25) is 9.59 Å². The quantitative estimate of drug-likeness (QED) is 0.0460. The number of nitrogens with zero attached hydrogens (tertiary/aromatic N) is 1. The van der Waals surface area contributed by atoms with Gasteiger partial charge in [-0.2, -0.15) is 0 Å². The van der Waals surface area contributed by atoms with Crippen LogP contribution in [0.4, 0.5) is 0 Å². The number of allylic oxidation sites excluding steroid dienone is 3. The molecule has 0 atom stereocenters. The molecule has 0 aromatic rings. The van der Waals surface area contributed by atoms with Gasteiger partial charge in [0.15, 0.2) is 0 Å². The summed E-state index contributed by atoms with van der Waals surface area (Å²) in [7, 11) is 4.20. The van der Waals surface area contributed by atoms with Crippen LogP contribution in [0, 0.1) is 0 Å². The van der Waals surface area contributed by atoms with E-state index in [0.717, 1.165) is 102 Å². The molecule has 308 valence electrons. The summed E-state index contributed by atoms with van der Waals surface area (Å²) in [6.45, 7) is 7.92. The van der Waals surface area contributed by atoms with Crippen LogP contribution >= 0.6 is 0 Å². The molecule has 0 heterocycles. The molecule has 0 unspecified atom stereocenters. The summed E-state index contributed by atoms with van der Waals surface area (Å²) in [6, 6.07) is 0. The molecule has 0 amide bonds. The summed E-state index contributed by atoms with van der Waals surface area (Å²) in [5, 5.41) is 0. The summed E-state index contributed by atoms with van der Waals surface area (Å²) in [6.07, 6.45) is 38.7. The lowest BCUT2D eigenvalue weighted by molar-refractivity contribution is -0.144. The Kier molecular flexibility index (Phi) is 33.7. The Hall–Kier alpha value is -2.28. The molecule has 7 heteroatoms. The highest BCUT2D eigenvalue weighted by Crippen LogP contribution is 2.20. The van der Waals surface area contributed by atoms with E-state index in [1.165, 1.54) is 95.5 Å². The number of ether oxygens (including phenoxy) is 4. The summed E-state index contributed by atoms with van der Waals surface area (Å²) < 4.78 is 23.3. The molecule has 0 N–H and O–H groups in total. The zero-order chi connectivity index (χ0) is 38.5. The first kappa shape index (κ1) is 48.7. The Balaban J connectivity index is 2.12. The van der Waals surface area contributed by atoms with Gasteiger partial charge >= 0.3 is 11.9 Å². The summed E-state index contributed by atoms with van der Waals surface area (Å²) >= 11 is 0. The zero-order valence-electron chi connectivity index (χ0n) is 35.2. The smallest absolute Gasteiger partial charge is 0.305 e. The van der Waals surface area contributed by atoms with Crippen LogP contribution < -0.4 is 0 Å². The van der Waals surface area contributed by atoms with Crippen molar-refractivity contribution >= 4 is 11.9 Å². The van der Waals surface area contributed by atoms with Crippen LogP contribution in [0.5, 0.6) is 0 Å². The topological polar surface area (TPSA) is 74.3 Å². The van der Waals surface area contributed by atoms with Crippen LogP contribution in [0.3, 0.4) is 0 Å². The van der Waals surface area contributed by atoms with Gasteiger partial charge in [-0.25, -0.2) is 0 Å². The monoisotopic (exact) mass is 746 g/mol. The van der Waals surface area contributed by atoms with Crippen molar-refractivity contribution in [3.05, 3.63) is 35.3 Å². The number of likely N-dealkylation sites (N-methyl/N-ethyl adjacent to an activating group) is 1. The standard InChI is InChI=1S/C46H83NO6/c1-5-7-9-11-13-19-25-31-45(48)52-37-29-23-17-15-21-27-35-50-43-34-33-42(41-47(3)4)39-44(40-43)51-36-28-22-16-18-24-30-38-53-46(49)32-26-20-14-12-10-8-6-2/h34,39-40H,5-33,35-38,41H2,1-4H3. The van der Waals surface area contributed by atoms with Crippen molar-refractivity contribution < 1.29 is 28.5 Å². The van der Waals surface area contributed by atoms with Crippen molar-refractivity contribution in [2.75, 3.05) is 47.1 Å². The van der Waals surface area contributed by atoms with Crippen molar-refractivity contribution in [1.82, 2.24) is 4.90 Å². The third-order valence-corrected chi connectivity index (χ3v) is 9.83. The number of hydrogen-bond donors (Lipinski definition) is 0. The highest BCUT2D eigenvalue weighted by atomic mass is 16.5. The highest BCUT2D eigenvalue weighted by Gasteiger charge is 2.10. The normalized spacial score (nSPS) is 13.0. The molecule has 53 heavy (non-hydrogen) atoms. The Morgan fingerprint density at radius 3 is 1.30 bits per heavy atom. The molecule has 0 saturated heterocycles. The number of esters is 2. The Bertz CT molecular complexity index is 971. The van der Waals surface area contributed by atoms with E-state index in [4.69, 9.17) is 18.9 Å². The minimum Gasteiger partial charge on any atom is -0.494 e. The second kappa shape index (κ2) is 36.7. The maximum atomic E-state index is 11.9. The van der Waals surface area contributed by atoms with Gasteiger partial charge in [-0.05, 0) is 76.8 Å². The molecule has 0 spiro atoms. The van der Waals surface area contributed by atoms with E-state index >= 15 is 0 Å². The number of unbranched alkanes of at least 4 members (excludes halogenated alkanes) is 22. The molecule has 7 nitrogen and oxygen atoms in total. The second-order valence-corrected chi connectivity index (χ2v) is 15.5. The maximum absolute atomic E-state index is 11.9. The number of carbonyl (C=O) groups excluding carboxylic acids is 2.